The molecular weight excluding hydrogens is 290 g/mol. The third-order valence-electron chi connectivity index (χ3n) is 3.15. The van der Waals surface area contributed by atoms with Crippen LogP contribution in [0.4, 0.5) is 11.4 Å². The summed E-state index contributed by atoms with van der Waals surface area (Å²) in [6, 6.07) is 3.08. The van der Waals surface area contributed by atoms with Crippen LogP contribution in [0.1, 0.15) is 17.8 Å². The number of primary sulfonamides is 1. The second-order valence-electron chi connectivity index (χ2n) is 4.80. The molecule has 2 rings (SSSR count). The first-order valence-corrected chi connectivity index (χ1v) is 8.07. The minimum atomic E-state index is -3.78. The van der Waals surface area contributed by atoms with Gasteiger partial charge in [0, 0.05) is 36.7 Å². The Kier molecular flexibility index (Phi) is 4.49. The predicted octanol–water partition coefficient (Wildman–Crippen LogP) is 0.992. The lowest BCUT2D eigenvalue weighted by atomic mass is 10.1. The molecule has 0 fully saturated rings. The fourth-order valence-electron chi connectivity index (χ4n) is 2.10. The third kappa shape index (κ3) is 3.96. The number of imidazole rings is 1. The number of nitrogen functional groups attached to an aromatic ring is 1. The molecule has 0 radical (unpaired) electrons. The average Bonchev–Trinajstić information content (AvgIpc) is 2.90. The van der Waals surface area contributed by atoms with Crippen molar-refractivity contribution >= 4 is 21.4 Å². The van der Waals surface area contributed by atoms with Crippen molar-refractivity contribution in [2.24, 2.45) is 5.14 Å². The molecule has 1 aromatic carbocycles. The summed E-state index contributed by atoms with van der Waals surface area (Å²) in [5.41, 5.74) is 7.34. The molecule has 1 aromatic heterocycles. The normalized spacial score (nSPS) is 11.5. The molecule has 6 N–H and O–H groups in total. The van der Waals surface area contributed by atoms with Gasteiger partial charge in [-0.05, 0) is 31.0 Å². The number of benzene rings is 1. The van der Waals surface area contributed by atoms with E-state index in [9.17, 15) is 8.42 Å². The van der Waals surface area contributed by atoms with Crippen molar-refractivity contribution in [2.75, 3.05) is 17.6 Å². The van der Waals surface area contributed by atoms with Gasteiger partial charge >= 0.3 is 0 Å². The minimum absolute atomic E-state index is 0.0519. The van der Waals surface area contributed by atoms with E-state index in [4.69, 9.17) is 10.9 Å². The number of H-pyrrole nitrogens is 1. The second-order valence-corrected chi connectivity index (χ2v) is 6.33. The molecule has 0 bridgehead atoms. The van der Waals surface area contributed by atoms with E-state index in [1.807, 2.05) is 0 Å². The van der Waals surface area contributed by atoms with Crippen molar-refractivity contribution in [1.82, 2.24) is 9.97 Å². The van der Waals surface area contributed by atoms with Crippen LogP contribution in [0.5, 0.6) is 0 Å². The van der Waals surface area contributed by atoms with Crippen LogP contribution in [0.25, 0.3) is 0 Å². The highest BCUT2D eigenvalue weighted by molar-refractivity contribution is 7.89. The first kappa shape index (κ1) is 15.3. The van der Waals surface area contributed by atoms with Gasteiger partial charge in [-0.2, -0.15) is 0 Å². The number of hydrogen-bond acceptors (Lipinski definition) is 5. The molecule has 0 unspecified atom stereocenters. The maximum absolute atomic E-state index is 11.5. The summed E-state index contributed by atoms with van der Waals surface area (Å²) < 4.78 is 23.1. The lowest BCUT2D eigenvalue weighted by molar-refractivity contribution is 0.597. The van der Waals surface area contributed by atoms with Crippen molar-refractivity contribution in [1.29, 1.82) is 0 Å². The highest BCUT2D eigenvalue weighted by Crippen LogP contribution is 2.26. The number of sulfonamides is 1. The van der Waals surface area contributed by atoms with Gasteiger partial charge in [0.15, 0.2) is 0 Å². The number of anilines is 2. The van der Waals surface area contributed by atoms with E-state index in [0.717, 1.165) is 18.7 Å². The topological polar surface area (TPSA) is 127 Å². The molecule has 0 aliphatic carbocycles. The quantitative estimate of drug-likeness (QED) is 0.467. The van der Waals surface area contributed by atoms with E-state index < -0.39 is 10.0 Å². The fraction of sp³-hybridized carbons (Fsp3) is 0.308. The number of rotatable bonds is 6. The number of aromatic nitrogens is 2. The Balaban J connectivity index is 2.04. The van der Waals surface area contributed by atoms with E-state index in [0.29, 0.717) is 23.5 Å². The molecular formula is C13H19N5O2S. The molecule has 0 saturated heterocycles. The summed E-state index contributed by atoms with van der Waals surface area (Å²) in [5.74, 6) is 0.923. The summed E-state index contributed by atoms with van der Waals surface area (Å²) in [7, 11) is -3.78. The summed E-state index contributed by atoms with van der Waals surface area (Å²) in [6.07, 6.45) is 5.16. The zero-order valence-electron chi connectivity index (χ0n) is 11.8. The zero-order valence-corrected chi connectivity index (χ0v) is 12.6. The number of aryl methyl sites for hydroxylation is 1. The third-order valence-corrected chi connectivity index (χ3v) is 4.19. The van der Waals surface area contributed by atoms with Gasteiger partial charge in [-0.3, -0.25) is 0 Å². The van der Waals surface area contributed by atoms with Crippen LogP contribution < -0.4 is 16.2 Å². The van der Waals surface area contributed by atoms with Crippen LogP contribution in [0.3, 0.4) is 0 Å². The summed E-state index contributed by atoms with van der Waals surface area (Å²) in [5, 5.41) is 8.38. The van der Waals surface area contributed by atoms with Crippen molar-refractivity contribution in [2.45, 2.75) is 24.7 Å². The SMILES string of the molecule is Cc1c(NCCCc2ncc[nH]2)cc(N)cc1S(N)(=O)=O. The number of aromatic amines is 1. The molecule has 7 nitrogen and oxygen atoms in total. The van der Waals surface area contributed by atoms with Crippen LogP contribution in [0.15, 0.2) is 29.4 Å². The van der Waals surface area contributed by atoms with E-state index >= 15 is 0 Å². The van der Waals surface area contributed by atoms with Gasteiger partial charge in [-0.15, -0.1) is 0 Å². The molecule has 0 amide bonds. The Labute approximate surface area is 123 Å². The maximum atomic E-state index is 11.5. The Morgan fingerprint density at radius 2 is 2.14 bits per heavy atom. The first-order chi connectivity index (χ1) is 9.88. The van der Waals surface area contributed by atoms with Gasteiger partial charge < -0.3 is 16.0 Å². The van der Waals surface area contributed by atoms with Crippen molar-refractivity contribution in [3.63, 3.8) is 0 Å². The van der Waals surface area contributed by atoms with Gasteiger partial charge in [0.25, 0.3) is 0 Å². The summed E-state index contributed by atoms with van der Waals surface area (Å²) >= 11 is 0. The molecule has 0 spiro atoms. The van der Waals surface area contributed by atoms with E-state index in [1.165, 1.54) is 6.07 Å². The van der Waals surface area contributed by atoms with Crippen molar-refractivity contribution in [3.8, 4) is 0 Å². The lowest BCUT2D eigenvalue weighted by Crippen LogP contribution is -2.15. The highest BCUT2D eigenvalue weighted by Gasteiger charge is 2.15. The molecule has 0 aliphatic heterocycles. The minimum Gasteiger partial charge on any atom is -0.399 e. The predicted molar refractivity (Wildman–Crippen MR) is 82.4 cm³/mol. The molecule has 114 valence electrons. The molecule has 1 heterocycles. The van der Waals surface area contributed by atoms with Crippen LogP contribution in [-0.4, -0.2) is 24.9 Å². The number of nitrogens with zero attached hydrogens (tertiary/aromatic N) is 1. The van der Waals surface area contributed by atoms with Crippen LogP contribution in [0, 0.1) is 6.92 Å². The zero-order chi connectivity index (χ0) is 15.5. The second kappa shape index (κ2) is 6.15. The summed E-state index contributed by atoms with van der Waals surface area (Å²) in [4.78, 5) is 7.22. The Morgan fingerprint density at radius 3 is 2.76 bits per heavy atom. The van der Waals surface area contributed by atoms with Gasteiger partial charge in [0.2, 0.25) is 10.0 Å². The van der Waals surface area contributed by atoms with Gasteiger partial charge in [0.05, 0.1) is 4.90 Å². The van der Waals surface area contributed by atoms with Gasteiger partial charge in [-0.25, -0.2) is 18.5 Å². The van der Waals surface area contributed by atoms with Crippen LogP contribution >= 0.6 is 0 Å². The van der Waals surface area contributed by atoms with Gasteiger partial charge in [0.1, 0.15) is 5.82 Å². The standard InChI is InChI=1S/C13H19N5O2S/c1-9-11(7-10(14)8-12(9)21(15,19)20)16-4-2-3-13-17-5-6-18-13/h5-8,16H,2-4,14H2,1H3,(H,17,18)(H2,15,19,20). The molecule has 0 saturated carbocycles. The monoisotopic (exact) mass is 309 g/mol. The Hall–Kier alpha value is -2.06. The first-order valence-electron chi connectivity index (χ1n) is 6.53. The van der Waals surface area contributed by atoms with E-state index in [2.05, 4.69) is 15.3 Å². The fourth-order valence-corrected chi connectivity index (χ4v) is 2.94. The summed E-state index contributed by atoms with van der Waals surface area (Å²) in [6.45, 7) is 2.38. The average molecular weight is 309 g/mol. The van der Waals surface area contributed by atoms with Crippen molar-refractivity contribution in [3.05, 3.63) is 35.9 Å². The van der Waals surface area contributed by atoms with Crippen molar-refractivity contribution < 1.29 is 8.42 Å². The van der Waals surface area contributed by atoms with E-state index in [-0.39, 0.29) is 4.90 Å². The van der Waals surface area contributed by atoms with Crippen LogP contribution in [0.2, 0.25) is 0 Å². The Bertz CT molecular complexity index is 710. The molecule has 21 heavy (non-hydrogen) atoms. The number of nitrogens with two attached hydrogens (primary N) is 2. The van der Waals surface area contributed by atoms with Crippen LogP contribution in [-0.2, 0) is 16.4 Å². The number of hydrogen-bond donors (Lipinski definition) is 4. The molecule has 0 aliphatic rings. The van der Waals surface area contributed by atoms with Gasteiger partial charge in [-0.1, -0.05) is 0 Å². The highest BCUT2D eigenvalue weighted by atomic mass is 32.2. The number of nitrogens with one attached hydrogen (secondary N) is 2. The smallest absolute Gasteiger partial charge is 0.238 e. The molecule has 0 atom stereocenters. The Morgan fingerprint density at radius 1 is 1.38 bits per heavy atom. The largest absolute Gasteiger partial charge is 0.399 e. The molecule has 8 heteroatoms. The van der Waals surface area contributed by atoms with E-state index in [1.54, 1.807) is 25.4 Å². The maximum Gasteiger partial charge on any atom is 0.238 e. The lowest BCUT2D eigenvalue weighted by Gasteiger charge is -2.13. The molecule has 2 aromatic rings.